The van der Waals surface area contributed by atoms with Crippen molar-refractivity contribution in [3.63, 3.8) is 0 Å². The van der Waals surface area contributed by atoms with Gasteiger partial charge in [-0.15, -0.1) is 0 Å². The number of nitriles is 1. The lowest BCUT2D eigenvalue weighted by atomic mass is 9.79. The highest BCUT2D eigenvalue weighted by Crippen LogP contribution is 2.30. The molecule has 13 heavy (non-hydrogen) atoms. The summed E-state index contributed by atoms with van der Waals surface area (Å²) in [5.74, 6) is -1.46. The van der Waals surface area contributed by atoms with Gasteiger partial charge in [0.25, 0.3) is 0 Å². The van der Waals surface area contributed by atoms with E-state index in [1.807, 2.05) is 6.07 Å². The summed E-state index contributed by atoms with van der Waals surface area (Å²) in [4.78, 5) is 0. The normalized spacial score (nSPS) is 9.46. The van der Waals surface area contributed by atoms with E-state index in [-0.39, 0.29) is 16.5 Å². The van der Waals surface area contributed by atoms with Gasteiger partial charge >= 0.3 is 0 Å². The second-order valence-corrected chi connectivity index (χ2v) is 2.78. The largest absolute Gasteiger partial charge is 0.505 e. The van der Waals surface area contributed by atoms with Crippen molar-refractivity contribution in [1.82, 2.24) is 0 Å². The van der Waals surface area contributed by atoms with E-state index in [9.17, 15) is 15.3 Å². The molecule has 0 saturated carbocycles. The second kappa shape index (κ2) is 2.94. The molecule has 4 nitrogen and oxygen atoms in total. The molecule has 0 unspecified atom stereocenters. The molecule has 1 rings (SSSR count). The standard InChI is InChI=1S/C7H7B2NO3/c8-3-2(1-10)4(9)6(12)7(13)5(3)11/h11-13H,8-9H2. The van der Waals surface area contributed by atoms with Crippen molar-refractivity contribution < 1.29 is 15.3 Å². The molecule has 0 aromatic heterocycles. The van der Waals surface area contributed by atoms with E-state index in [1.54, 1.807) is 0 Å². The van der Waals surface area contributed by atoms with Gasteiger partial charge in [-0.25, -0.2) is 0 Å². The van der Waals surface area contributed by atoms with Crippen LogP contribution < -0.4 is 10.9 Å². The van der Waals surface area contributed by atoms with Gasteiger partial charge in [-0.3, -0.25) is 0 Å². The highest BCUT2D eigenvalue weighted by Gasteiger charge is 2.17. The van der Waals surface area contributed by atoms with Crippen molar-refractivity contribution in [3.8, 4) is 23.3 Å². The summed E-state index contributed by atoms with van der Waals surface area (Å²) in [6.45, 7) is 0. The number of hydrogen-bond donors (Lipinski definition) is 3. The zero-order chi connectivity index (χ0) is 10.2. The Morgan fingerprint density at radius 2 is 1.31 bits per heavy atom. The number of aromatic hydroxyl groups is 3. The first-order chi connectivity index (χ1) is 6.00. The molecule has 0 amide bonds. The molecule has 1 aromatic carbocycles. The van der Waals surface area contributed by atoms with Crippen molar-refractivity contribution in [1.29, 1.82) is 5.26 Å². The van der Waals surface area contributed by atoms with E-state index in [0.717, 1.165) is 0 Å². The Kier molecular flexibility index (Phi) is 2.11. The van der Waals surface area contributed by atoms with Crippen LogP contribution >= 0.6 is 0 Å². The molecule has 0 radical (unpaired) electrons. The van der Waals surface area contributed by atoms with Crippen molar-refractivity contribution in [2.24, 2.45) is 0 Å². The van der Waals surface area contributed by atoms with Crippen molar-refractivity contribution in [3.05, 3.63) is 5.56 Å². The van der Waals surface area contributed by atoms with Crippen LogP contribution in [0, 0.1) is 11.3 Å². The smallest absolute Gasteiger partial charge is 0.199 e. The van der Waals surface area contributed by atoms with Gasteiger partial charge in [0.05, 0.1) is 6.07 Å². The van der Waals surface area contributed by atoms with Crippen LogP contribution in [0.1, 0.15) is 5.56 Å². The Labute approximate surface area is 76.9 Å². The molecule has 0 aliphatic heterocycles. The highest BCUT2D eigenvalue weighted by atomic mass is 16.3. The Morgan fingerprint density at radius 1 is 0.923 bits per heavy atom. The number of nitrogens with zero attached hydrogens (tertiary/aromatic N) is 1. The molecular weight excluding hydrogens is 168 g/mol. The van der Waals surface area contributed by atoms with Gasteiger partial charge in [-0.1, -0.05) is 0 Å². The minimum absolute atomic E-state index is 0.188. The molecule has 0 atom stereocenters. The fourth-order valence-corrected chi connectivity index (χ4v) is 1.15. The molecule has 0 aliphatic carbocycles. The average molecular weight is 175 g/mol. The fourth-order valence-electron chi connectivity index (χ4n) is 1.15. The summed E-state index contributed by atoms with van der Waals surface area (Å²) in [7, 11) is 3.00. The van der Waals surface area contributed by atoms with Crippen LogP contribution in [-0.2, 0) is 0 Å². The molecule has 0 aliphatic rings. The van der Waals surface area contributed by atoms with E-state index in [4.69, 9.17) is 5.26 Å². The van der Waals surface area contributed by atoms with Gasteiger partial charge in [0.2, 0.25) is 0 Å². The van der Waals surface area contributed by atoms with Crippen LogP contribution in [0.4, 0.5) is 0 Å². The third-order valence-electron chi connectivity index (χ3n) is 2.02. The molecule has 0 bridgehead atoms. The monoisotopic (exact) mass is 175 g/mol. The van der Waals surface area contributed by atoms with E-state index >= 15 is 0 Å². The summed E-state index contributed by atoms with van der Waals surface area (Å²) >= 11 is 0. The van der Waals surface area contributed by atoms with E-state index in [0.29, 0.717) is 0 Å². The quantitative estimate of drug-likeness (QED) is 0.293. The maximum absolute atomic E-state index is 9.26. The Balaban J connectivity index is 3.69. The summed E-state index contributed by atoms with van der Waals surface area (Å²) in [5, 5.41) is 36.4. The third-order valence-corrected chi connectivity index (χ3v) is 2.02. The molecule has 0 spiro atoms. The zero-order valence-electron chi connectivity index (χ0n) is 7.29. The Hall–Kier alpha value is -1.76. The number of benzene rings is 1. The first kappa shape index (κ1) is 9.33. The Morgan fingerprint density at radius 3 is 1.62 bits per heavy atom. The first-order valence-corrected chi connectivity index (χ1v) is 3.64. The minimum atomic E-state index is -0.575. The number of phenols is 3. The average Bonchev–Trinajstić information content (AvgIpc) is 2.13. The lowest BCUT2D eigenvalue weighted by Gasteiger charge is -2.09. The second-order valence-electron chi connectivity index (χ2n) is 2.78. The van der Waals surface area contributed by atoms with Gasteiger partial charge in [0.1, 0.15) is 15.7 Å². The topological polar surface area (TPSA) is 84.5 Å². The molecule has 0 saturated heterocycles. The lowest BCUT2D eigenvalue weighted by Crippen LogP contribution is -2.21. The number of phenolic OH excluding ortho intramolecular Hbond substituents is 3. The summed E-state index contributed by atoms with van der Waals surface area (Å²) in [5.41, 5.74) is 0.735. The van der Waals surface area contributed by atoms with Gasteiger partial charge in [0, 0.05) is 5.56 Å². The molecular formula is C7H7B2NO3. The fraction of sp³-hybridized carbons (Fsp3) is 0. The van der Waals surface area contributed by atoms with Crippen molar-refractivity contribution in [2.45, 2.75) is 0 Å². The summed E-state index contributed by atoms with van der Waals surface area (Å²) < 4.78 is 0. The van der Waals surface area contributed by atoms with Gasteiger partial charge in [0.15, 0.2) is 17.2 Å². The van der Waals surface area contributed by atoms with Crippen molar-refractivity contribution in [2.75, 3.05) is 0 Å². The highest BCUT2D eigenvalue weighted by molar-refractivity contribution is 6.43. The Bertz CT molecular complexity index is 382. The van der Waals surface area contributed by atoms with Crippen LogP contribution in [0.15, 0.2) is 0 Å². The zero-order valence-corrected chi connectivity index (χ0v) is 7.29. The molecule has 3 N–H and O–H groups in total. The van der Waals surface area contributed by atoms with Gasteiger partial charge < -0.3 is 15.3 Å². The summed E-state index contributed by atoms with van der Waals surface area (Å²) in [6, 6.07) is 1.84. The van der Waals surface area contributed by atoms with Crippen LogP contribution in [-0.4, -0.2) is 31.0 Å². The van der Waals surface area contributed by atoms with Crippen molar-refractivity contribution >= 4 is 26.6 Å². The maximum Gasteiger partial charge on any atom is 0.199 e. The predicted octanol–water partition coefficient (Wildman–Crippen LogP) is -2.81. The molecule has 64 valence electrons. The maximum atomic E-state index is 9.26. The molecule has 0 fully saturated rings. The van der Waals surface area contributed by atoms with Gasteiger partial charge in [-0.2, -0.15) is 5.26 Å². The summed E-state index contributed by atoms with van der Waals surface area (Å²) in [6.07, 6.45) is 0. The van der Waals surface area contributed by atoms with E-state index < -0.39 is 17.2 Å². The number of hydrogen-bond acceptors (Lipinski definition) is 4. The van der Waals surface area contributed by atoms with Crippen LogP contribution in [0.5, 0.6) is 17.2 Å². The van der Waals surface area contributed by atoms with E-state index in [1.165, 1.54) is 15.7 Å². The van der Waals surface area contributed by atoms with Gasteiger partial charge in [-0.05, 0) is 10.9 Å². The van der Waals surface area contributed by atoms with E-state index in [2.05, 4.69) is 0 Å². The van der Waals surface area contributed by atoms with Crippen LogP contribution in [0.2, 0.25) is 0 Å². The predicted molar refractivity (Wildman–Crippen MR) is 52.5 cm³/mol. The lowest BCUT2D eigenvalue weighted by molar-refractivity contribution is 0.372. The SMILES string of the molecule is Bc1c(O)c(O)c(O)c(B)c1C#N. The molecule has 6 heteroatoms. The van der Waals surface area contributed by atoms with Crippen LogP contribution in [0.25, 0.3) is 0 Å². The number of rotatable bonds is 0. The first-order valence-electron chi connectivity index (χ1n) is 3.64. The third kappa shape index (κ3) is 1.18. The minimum Gasteiger partial charge on any atom is -0.505 e. The molecule has 1 aromatic rings. The molecule has 0 heterocycles. The van der Waals surface area contributed by atoms with Crippen LogP contribution in [0.3, 0.4) is 0 Å².